The number of sulfonamides is 1. The van der Waals surface area contributed by atoms with Crippen molar-refractivity contribution in [1.29, 1.82) is 0 Å². The lowest BCUT2D eigenvalue weighted by molar-refractivity contribution is -0.160. The summed E-state index contributed by atoms with van der Waals surface area (Å²) >= 11 is 0. The number of piperidine rings is 1. The highest BCUT2D eigenvalue weighted by Gasteiger charge is 2.64. The summed E-state index contributed by atoms with van der Waals surface area (Å²) in [5.41, 5.74) is 2.90. The van der Waals surface area contributed by atoms with Gasteiger partial charge in [0.1, 0.15) is 5.75 Å². The van der Waals surface area contributed by atoms with Crippen LogP contribution < -0.4 is 15.2 Å². The molecule has 7 nitrogen and oxygen atoms in total. The maximum atomic E-state index is 16.1. The van der Waals surface area contributed by atoms with Gasteiger partial charge in [0.15, 0.2) is 6.04 Å². The summed E-state index contributed by atoms with van der Waals surface area (Å²) in [6.45, 7) is 0.623. The van der Waals surface area contributed by atoms with Crippen molar-refractivity contribution in [1.82, 2.24) is 9.62 Å². The molecule has 5 rings (SSSR count). The minimum atomic E-state index is -4.64. The number of benzene rings is 2. The first-order valence-electron chi connectivity index (χ1n) is 15.1. The van der Waals surface area contributed by atoms with Crippen molar-refractivity contribution in [2.24, 2.45) is 11.7 Å². The number of nitrogens with zero attached hydrogens (tertiary/aromatic N) is 1. The highest BCUT2D eigenvalue weighted by atomic mass is 32.2. The van der Waals surface area contributed by atoms with Crippen molar-refractivity contribution < 1.29 is 39.9 Å². The quantitative estimate of drug-likeness (QED) is 0.327. The van der Waals surface area contributed by atoms with Gasteiger partial charge in [0, 0.05) is 24.7 Å². The van der Waals surface area contributed by atoms with Crippen LogP contribution in [0.5, 0.6) is 5.75 Å². The summed E-state index contributed by atoms with van der Waals surface area (Å²) in [7, 11) is -4.64. The van der Waals surface area contributed by atoms with E-state index in [0.29, 0.717) is 31.1 Å². The van der Waals surface area contributed by atoms with Crippen molar-refractivity contribution in [2.75, 3.05) is 19.7 Å². The Morgan fingerprint density at radius 2 is 1.52 bits per heavy atom. The van der Waals surface area contributed by atoms with Crippen molar-refractivity contribution in [3.63, 3.8) is 0 Å². The number of hydrogen-bond donors (Lipinski definition) is 2. The molecule has 2 saturated carbocycles. The molecule has 1 saturated heterocycles. The van der Waals surface area contributed by atoms with Gasteiger partial charge in [-0.05, 0) is 74.3 Å². The standard InChI is InChI=1S/C31H38F5N3O4S/c32-30(33,23-8-6-22(7-9-23)29(16-17-29)31(34,35)36)27(28(40)39-18-14-24(37)15-19-39)38-44(41,42)26-12-10-25(11-13-26)43-20-21-4-2-1-3-5-21/h6-13,21,24,27,38H,1-5,14-20,37H2. The van der Waals surface area contributed by atoms with Gasteiger partial charge < -0.3 is 15.4 Å². The molecule has 13 heteroatoms. The number of carbonyl (C=O) groups is 1. The van der Waals surface area contributed by atoms with E-state index in [0.717, 1.165) is 54.8 Å². The van der Waals surface area contributed by atoms with Gasteiger partial charge in [0.05, 0.1) is 16.9 Å². The average Bonchev–Trinajstić information content (AvgIpc) is 3.83. The summed E-state index contributed by atoms with van der Waals surface area (Å²) in [5, 5.41) is 0. The Labute approximate surface area is 254 Å². The minimum absolute atomic E-state index is 0.0639. The van der Waals surface area contributed by atoms with Crippen LogP contribution in [0.4, 0.5) is 22.0 Å². The second kappa shape index (κ2) is 12.6. The zero-order valence-electron chi connectivity index (χ0n) is 24.3. The lowest BCUT2D eigenvalue weighted by Gasteiger charge is -2.35. The van der Waals surface area contributed by atoms with E-state index in [-0.39, 0.29) is 42.4 Å². The first kappa shape index (κ1) is 32.6. The normalized spacial score (nSPS) is 20.7. The van der Waals surface area contributed by atoms with E-state index in [9.17, 15) is 26.4 Å². The van der Waals surface area contributed by atoms with Gasteiger partial charge >= 0.3 is 6.18 Å². The molecule has 2 aliphatic carbocycles. The van der Waals surface area contributed by atoms with E-state index in [1.165, 1.54) is 30.7 Å². The molecule has 1 amide bonds. The van der Waals surface area contributed by atoms with Gasteiger partial charge in [0.25, 0.3) is 5.92 Å². The summed E-state index contributed by atoms with van der Waals surface area (Å²) in [6.07, 6.45) is 1.51. The van der Waals surface area contributed by atoms with Crippen LogP contribution in [0.1, 0.15) is 68.9 Å². The average molecular weight is 644 g/mol. The van der Waals surface area contributed by atoms with Crippen LogP contribution >= 0.6 is 0 Å². The molecule has 0 bridgehead atoms. The second-order valence-corrected chi connectivity index (χ2v) is 14.0. The van der Waals surface area contributed by atoms with Crippen LogP contribution in [-0.2, 0) is 26.2 Å². The number of amides is 1. The maximum absolute atomic E-state index is 16.1. The van der Waals surface area contributed by atoms with Crippen LogP contribution in [0.15, 0.2) is 53.4 Å². The Bertz CT molecular complexity index is 1400. The SMILES string of the molecule is NC1CCN(C(=O)C(NS(=O)(=O)c2ccc(OCC3CCCCC3)cc2)C(F)(F)c2ccc(C3(C(F)(F)F)CC3)cc2)CC1. The maximum Gasteiger partial charge on any atom is 0.398 e. The lowest BCUT2D eigenvalue weighted by Crippen LogP contribution is -2.58. The van der Waals surface area contributed by atoms with Gasteiger partial charge in [-0.25, -0.2) is 8.42 Å². The summed E-state index contributed by atoms with van der Waals surface area (Å²) < 4.78 is 108. The van der Waals surface area contributed by atoms with Crippen LogP contribution in [0.2, 0.25) is 0 Å². The predicted octanol–water partition coefficient (Wildman–Crippen LogP) is 5.63. The third-order valence-electron chi connectivity index (χ3n) is 9.19. The van der Waals surface area contributed by atoms with Crippen LogP contribution in [0.3, 0.4) is 0 Å². The van der Waals surface area contributed by atoms with E-state index in [1.807, 2.05) is 4.72 Å². The Balaban J connectivity index is 1.37. The number of alkyl halides is 5. The van der Waals surface area contributed by atoms with E-state index in [2.05, 4.69) is 0 Å². The molecule has 0 radical (unpaired) electrons. The lowest BCUT2D eigenvalue weighted by atomic mass is 9.90. The molecule has 1 atom stereocenters. The zero-order valence-corrected chi connectivity index (χ0v) is 25.1. The highest BCUT2D eigenvalue weighted by molar-refractivity contribution is 7.89. The smallest absolute Gasteiger partial charge is 0.398 e. The number of nitrogens with one attached hydrogen (secondary N) is 1. The number of rotatable bonds is 10. The zero-order chi connectivity index (χ0) is 31.8. The number of carbonyl (C=O) groups excluding carboxylic acids is 1. The number of ether oxygens (including phenoxy) is 1. The van der Waals surface area contributed by atoms with Crippen LogP contribution in [0.25, 0.3) is 0 Å². The van der Waals surface area contributed by atoms with Crippen LogP contribution in [0, 0.1) is 5.92 Å². The first-order chi connectivity index (χ1) is 20.7. The van der Waals surface area contributed by atoms with E-state index < -0.39 is 45.0 Å². The van der Waals surface area contributed by atoms with Gasteiger partial charge in [-0.1, -0.05) is 43.5 Å². The second-order valence-electron chi connectivity index (χ2n) is 12.3. The largest absolute Gasteiger partial charge is 0.493 e. The van der Waals surface area contributed by atoms with Gasteiger partial charge in [0.2, 0.25) is 15.9 Å². The van der Waals surface area contributed by atoms with Gasteiger partial charge in [-0.3, -0.25) is 4.79 Å². The Hall–Kier alpha value is -2.77. The fraction of sp³-hybridized carbons (Fsp3) is 0.581. The monoisotopic (exact) mass is 643 g/mol. The summed E-state index contributed by atoms with van der Waals surface area (Å²) in [6, 6.07) is 6.17. The van der Waals surface area contributed by atoms with E-state index in [1.54, 1.807) is 0 Å². The van der Waals surface area contributed by atoms with Gasteiger partial charge in [-0.2, -0.15) is 26.7 Å². The van der Waals surface area contributed by atoms with Crippen molar-refractivity contribution in [2.45, 2.75) is 92.3 Å². The Morgan fingerprint density at radius 3 is 2.07 bits per heavy atom. The fourth-order valence-corrected chi connectivity index (χ4v) is 7.32. The molecule has 0 aromatic heterocycles. The minimum Gasteiger partial charge on any atom is -0.493 e. The Kier molecular flexibility index (Phi) is 9.31. The van der Waals surface area contributed by atoms with E-state index in [4.69, 9.17) is 10.5 Å². The predicted molar refractivity (Wildman–Crippen MR) is 154 cm³/mol. The van der Waals surface area contributed by atoms with Crippen molar-refractivity contribution >= 4 is 15.9 Å². The molecule has 2 aromatic rings. The molecule has 0 spiro atoms. The number of hydrogen-bond acceptors (Lipinski definition) is 5. The fourth-order valence-electron chi connectivity index (χ4n) is 6.13. The molecule has 44 heavy (non-hydrogen) atoms. The molecule has 1 aliphatic heterocycles. The molecule has 242 valence electrons. The summed E-state index contributed by atoms with van der Waals surface area (Å²) in [4.78, 5) is 14.3. The number of halogens is 5. The molecular weight excluding hydrogens is 605 g/mol. The Morgan fingerprint density at radius 1 is 0.932 bits per heavy atom. The third-order valence-corrected chi connectivity index (χ3v) is 10.6. The van der Waals surface area contributed by atoms with Gasteiger partial charge in [-0.15, -0.1) is 0 Å². The van der Waals surface area contributed by atoms with Crippen molar-refractivity contribution in [3.05, 3.63) is 59.7 Å². The number of likely N-dealkylation sites (tertiary alicyclic amines) is 1. The number of nitrogens with two attached hydrogens (primary N) is 1. The molecule has 3 fully saturated rings. The molecular formula is C31H38F5N3O4S. The topological polar surface area (TPSA) is 102 Å². The van der Waals surface area contributed by atoms with Crippen molar-refractivity contribution in [3.8, 4) is 5.75 Å². The molecule has 1 heterocycles. The third kappa shape index (κ3) is 6.89. The summed E-state index contributed by atoms with van der Waals surface area (Å²) in [5.74, 6) is -4.38. The highest BCUT2D eigenvalue weighted by Crippen LogP contribution is 2.59. The molecule has 2 aromatic carbocycles. The molecule has 1 unspecified atom stereocenters. The molecule has 3 aliphatic rings. The van der Waals surface area contributed by atoms with E-state index >= 15 is 8.78 Å². The van der Waals surface area contributed by atoms with Crippen LogP contribution in [-0.4, -0.2) is 57.2 Å². The molecule has 3 N–H and O–H groups in total. The first-order valence-corrected chi connectivity index (χ1v) is 16.6.